The van der Waals surface area contributed by atoms with Crippen molar-refractivity contribution in [1.29, 1.82) is 0 Å². The molecule has 118 valence electrons. The fourth-order valence-electron chi connectivity index (χ4n) is 4.05. The van der Waals surface area contributed by atoms with Crippen molar-refractivity contribution in [3.05, 3.63) is 23.2 Å². The minimum absolute atomic E-state index is 0.149. The normalized spacial score (nSPS) is 26.9. The second-order valence-corrected chi connectivity index (χ2v) is 7.76. The summed E-state index contributed by atoms with van der Waals surface area (Å²) >= 11 is 2.07. The summed E-state index contributed by atoms with van der Waals surface area (Å²) in [5.74, 6) is 5.22. The van der Waals surface area contributed by atoms with Crippen molar-refractivity contribution in [3.8, 4) is 0 Å². The van der Waals surface area contributed by atoms with Crippen molar-refractivity contribution in [2.75, 3.05) is 25.2 Å². The lowest BCUT2D eigenvalue weighted by atomic mass is 9.77. The third-order valence-corrected chi connectivity index (χ3v) is 6.12. The van der Waals surface area contributed by atoms with Gasteiger partial charge in [0.25, 0.3) is 0 Å². The highest BCUT2D eigenvalue weighted by atomic mass is 32.2. The Morgan fingerprint density at radius 2 is 2.10 bits per heavy atom. The quantitative estimate of drug-likeness (QED) is 0.919. The molecule has 0 aliphatic carbocycles. The molecule has 2 atom stereocenters. The van der Waals surface area contributed by atoms with Crippen LogP contribution in [0.25, 0.3) is 0 Å². The Morgan fingerprint density at radius 1 is 1.33 bits per heavy atom. The zero-order valence-electron chi connectivity index (χ0n) is 13.4. The van der Waals surface area contributed by atoms with Crippen molar-refractivity contribution in [2.45, 2.75) is 51.2 Å². The van der Waals surface area contributed by atoms with Gasteiger partial charge in [-0.1, -0.05) is 0 Å². The molecule has 3 heterocycles. The van der Waals surface area contributed by atoms with Crippen LogP contribution < -0.4 is 5.32 Å². The van der Waals surface area contributed by atoms with E-state index in [2.05, 4.69) is 37.1 Å². The minimum atomic E-state index is 0.149. The number of aryl methyl sites for hydroxylation is 2. The van der Waals surface area contributed by atoms with Gasteiger partial charge in [0, 0.05) is 18.2 Å². The standard InChI is InChI=1S/C17H27NO2S/c1-12-10-15(13(2)20-12)16(18-3)14-4-7-19-17(11-14)5-8-21-9-6-17/h10,14,16,18H,4-9,11H2,1-3H3. The van der Waals surface area contributed by atoms with Gasteiger partial charge < -0.3 is 14.5 Å². The molecule has 0 radical (unpaired) electrons. The fraction of sp³-hybridized carbons (Fsp3) is 0.765. The fourth-order valence-corrected chi connectivity index (χ4v) is 5.28. The van der Waals surface area contributed by atoms with E-state index in [0.29, 0.717) is 12.0 Å². The molecule has 1 aromatic rings. The number of thioether (sulfide) groups is 1. The van der Waals surface area contributed by atoms with Crippen LogP contribution in [0, 0.1) is 19.8 Å². The highest BCUT2D eigenvalue weighted by Crippen LogP contribution is 2.44. The third kappa shape index (κ3) is 3.17. The van der Waals surface area contributed by atoms with Crippen LogP contribution in [0.4, 0.5) is 0 Å². The maximum Gasteiger partial charge on any atom is 0.105 e. The maximum atomic E-state index is 6.24. The van der Waals surface area contributed by atoms with E-state index in [9.17, 15) is 0 Å². The van der Waals surface area contributed by atoms with Gasteiger partial charge in [0.15, 0.2) is 0 Å². The van der Waals surface area contributed by atoms with Crippen molar-refractivity contribution in [1.82, 2.24) is 5.32 Å². The molecule has 2 aliphatic heterocycles. The molecule has 0 aromatic carbocycles. The van der Waals surface area contributed by atoms with Gasteiger partial charge in [-0.25, -0.2) is 0 Å². The van der Waals surface area contributed by atoms with E-state index in [0.717, 1.165) is 24.5 Å². The van der Waals surface area contributed by atoms with E-state index < -0.39 is 0 Å². The maximum absolute atomic E-state index is 6.24. The lowest BCUT2D eigenvalue weighted by Crippen LogP contribution is -2.45. The molecule has 0 bridgehead atoms. The molecular formula is C17H27NO2S. The molecular weight excluding hydrogens is 282 g/mol. The number of hydrogen-bond acceptors (Lipinski definition) is 4. The molecule has 3 nitrogen and oxygen atoms in total. The smallest absolute Gasteiger partial charge is 0.105 e. The topological polar surface area (TPSA) is 34.4 Å². The van der Waals surface area contributed by atoms with Crippen molar-refractivity contribution < 1.29 is 9.15 Å². The highest BCUT2D eigenvalue weighted by molar-refractivity contribution is 7.99. The van der Waals surface area contributed by atoms with Crippen LogP contribution >= 0.6 is 11.8 Å². The van der Waals surface area contributed by atoms with E-state index in [4.69, 9.17) is 9.15 Å². The minimum Gasteiger partial charge on any atom is -0.466 e. The summed E-state index contributed by atoms with van der Waals surface area (Å²) in [6.45, 7) is 5.02. The molecule has 0 saturated carbocycles. The van der Waals surface area contributed by atoms with Crippen molar-refractivity contribution in [2.24, 2.45) is 5.92 Å². The Bertz CT molecular complexity index is 474. The van der Waals surface area contributed by atoms with E-state index in [1.54, 1.807) is 0 Å². The lowest BCUT2D eigenvalue weighted by Gasteiger charge is -2.45. The monoisotopic (exact) mass is 309 g/mol. The Morgan fingerprint density at radius 3 is 2.71 bits per heavy atom. The summed E-state index contributed by atoms with van der Waals surface area (Å²) < 4.78 is 12.0. The zero-order chi connectivity index (χ0) is 14.9. The average Bonchev–Trinajstić information content (AvgIpc) is 2.80. The van der Waals surface area contributed by atoms with Gasteiger partial charge in [-0.2, -0.15) is 11.8 Å². The second kappa shape index (κ2) is 6.35. The van der Waals surface area contributed by atoms with Crippen molar-refractivity contribution in [3.63, 3.8) is 0 Å². The first kappa shape index (κ1) is 15.4. The second-order valence-electron chi connectivity index (χ2n) is 6.53. The Hall–Kier alpha value is -0.450. The van der Waals surface area contributed by atoms with Crippen LogP contribution in [-0.2, 0) is 4.74 Å². The van der Waals surface area contributed by atoms with Crippen molar-refractivity contribution >= 4 is 11.8 Å². The molecule has 2 fully saturated rings. The van der Waals surface area contributed by atoms with E-state index >= 15 is 0 Å². The Labute approximate surface area is 132 Å². The summed E-state index contributed by atoms with van der Waals surface area (Å²) in [4.78, 5) is 0. The Kier molecular flexibility index (Phi) is 4.67. The molecule has 1 spiro atoms. The largest absolute Gasteiger partial charge is 0.466 e. The van der Waals surface area contributed by atoms with E-state index in [1.165, 1.54) is 36.3 Å². The van der Waals surface area contributed by atoms with Crippen LogP contribution in [0.5, 0.6) is 0 Å². The van der Waals surface area contributed by atoms with E-state index in [-0.39, 0.29) is 5.60 Å². The SMILES string of the molecule is CNC(c1cc(C)oc1C)C1CCOC2(CCSCC2)C1. The number of nitrogens with one attached hydrogen (secondary N) is 1. The van der Waals surface area contributed by atoms with Gasteiger partial charge in [-0.15, -0.1) is 0 Å². The summed E-state index contributed by atoms with van der Waals surface area (Å²) in [5.41, 5.74) is 1.48. The predicted octanol–water partition coefficient (Wildman–Crippen LogP) is 3.85. The number of furan rings is 1. The predicted molar refractivity (Wildman–Crippen MR) is 87.9 cm³/mol. The summed E-state index contributed by atoms with van der Waals surface area (Å²) in [7, 11) is 2.07. The van der Waals surface area contributed by atoms with Crippen LogP contribution in [0.3, 0.4) is 0 Å². The molecule has 2 unspecified atom stereocenters. The molecule has 1 N–H and O–H groups in total. The summed E-state index contributed by atoms with van der Waals surface area (Å²) in [5, 5.41) is 3.54. The van der Waals surface area contributed by atoms with Gasteiger partial charge in [0.2, 0.25) is 0 Å². The number of ether oxygens (including phenoxy) is 1. The Balaban J connectivity index is 1.78. The zero-order valence-corrected chi connectivity index (χ0v) is 14.2. The number of hydrogen-bond donors (Lipinski definition) is 1. The van der Waals surface area contributed by atoms with E-state index in [1.807, 2.05) is 6.92 Å². The molecule has 2 saturated heterocycles. The highest BCUT2D eigenvalue weighted by Gasteiger charge is 2.41. The molecule has 0 amide bonds. The molecule has 1 aromatic heterocycles. The molecule has 21 heavy (non-hydrogen) atoms. The first-order valence-electron chi connectivity index (χ1n) is 8.09. The van der Waals surface area contributed by atoms with Crippen LogP contribution in [0.15, 0.2) is 10.5 Å². The lowest BCUT2D eigenvalue weighted by molar-refractivity contribution is -0.107. The average molecular weight is 309 g/mol. The number of rotatable bonds is 3. The van der Waals surface area contributed by atoms with Crippen LogP contribution in [0.2, 0.25) is 0 Å². The van der Waals surface area contributed by atoms with Crippen LogP contribution in [0.1, 0.15) is 48.8 Å². The van der Waals surface area contributed by atoms with Gasteiger partial charge in [-0.05, 0) is 70.1 Å². The first-order chi connectivity index (χ1) is 10.1. The molecule has 4 heteroatoms. The molecule has 2 aliphatic rings. The summed E-state index contributed by atoms with van der Waals surface area (Å²) in [6.07, 6.45) is 4.76. The molecule has 3 rings (SSSR count). The third-order valence-electron chi connectivity index (χ3n) is 5.13. The van der Waals surface area contributed by atoms with Gasteiger partial charge in [0.1, 0.15) is 11.5 Å². The first-order valence-corrected chi connectivity index (χ1v) is 9.25. The van der Waals surface area contributed by atoms with Gasteiger partial charge >= 0.3 is 0 Å². The van der Waals surface area contributed by atoms with Gasteiger partial charge in [0.05, 0.1) is 5.60 Å². The summed E-state index contributed by atoms with van der Waals surface area (Å²) in [6, 6.07) is 2.59. The van der Waals surface area contributed by atoms with Crippen LogP contribution in [-0.4, -0.2) is 30.8 Å². The van der Waals surface area contributed by atoms with Gasteiger partial charge in [-0.3, -0.25) is 0 Å².